The highest BCUT2D eigenvalue weighted by molar-refractivity contribution is 8.00. The van der Waals surface area contributed by atoms with Crippen LogP contribution < -0.4 is 5.32 Å². The molecular weight excluding hydrogens is 254 g/mol. The first-order chi connectivity index (χ1) is 9.31. The van der Waals surface area contributed by atoms with Crippen LogP contribution in [0.25, 0.3) is 0 Å². The Labute approximate surface area is 120 Å². The standard InChI is InChI=1S/C16H23NOS/c18-14-6-3-4-12(8-14)10-17-11-15-9-13-5-1-2-7-16(13)19-15/h1-2,5,7,12,14-15,17-18H,3-4,6,8-11H2. The second kappa shape index (κ2) is 6.29. The Morgan fingerprint density at radius 2 is 2.11 bits per heavy atom. The fraction of sp³-hybridized carbons (Fsp3) is 0.625. The lowest BCUT2D eigenvalue weighted by Crippen LogP contribution is -2.32. The average Bonchev–Trinajstić information content (AvgIpc) is 2.81. The summed E-state index contributed by atoms with van der Waals surface area (Å²) in [5.74, 6) is 0.678. The summed E-state index contributed by atoms with van der Waals surface area (Å²) < 4.78 is 0. The first-order valence-electron chi connectivity index (χ1n) is 7.44. The summed E-state index contributed by atoms with van der Waals surface area (Å²) >= 11 is 2.01. The Balaban J connectivity index is 1.40. The number of hydrogen-bond acceptors (Lipinski definition) is 3. The molecule has 1 aliphatic heterocycles. The van der Waals surface area contributed by atoms with Gasteiger partial charge in [-0.2, -0.15) is 0 Å². The van der Waals surface area contributed by atoms with E-state index in [1.165, 1.54) is 29.7 Å². The lowest BCUT2D eigenvalue weighted by molar-refractivity contribution is 0.101. The molecule has 2 nitrogen and oxygen atoms in total. The number of rotatable bonds is 4. The fourth-order valence-electron chi connectivity index (χ4n) is 3.26. The van der Waals surface area contributed by atoms with Gasteiger partial charge < -0.3 is 10.4 Å². The average molecular weight is 277 g/mol. The summed E-state index contributed by atoms with van der Waals surface area (Å²) in [6.45, 7) is 2.16. The fourth-order valence-corrected chi connectivity index (χ4v) is 4.55. The van der Waals surface area contributed by atoms with E-state index in [1.807, 2.05) is 11.8 Å². The van der Waals surface area contributed by atoms with E-state index in [9.17, 15) is 5.11 Å². The van der Waals surface area contributed by atoms with Gasteiger partial charge in [0.25, 0.3) is 0 Å². The van der Waals surface area contributed by atoms with Crippen LogP contribution in [0, 0.1) is 5.92 Å². The molecule has 1 heterocycles. The molecule has 0 saturated heterocycles. The first kappa shape index (κ1) is 13.5. The van der Waals surface area contributed by atoms with Crippen molar-refractivity contribution >= 4 is 11.8 Å². The molecule has 104 valence electrons. The highest BCUT2D eigenvalue weighted by Gasteiger charge is 2.23. The monoisotopic (exact) mass is 277 g/mol. The van der Waals surface area contributed by atoms with Gasteiger partial charge in [0.1, 0.15) is 0 Å². The van der Waals surface area contributed by atoms with E-state index in [1.54, 1.807) is 0 Å². The van der Waals surface area contributed by atoms with Gasteiger partial charge in [-0.15, -0.1) is 11.8 Å². The summed E-state index contributed by atoms with van der Waals surface area (Å²) in [5, 5.41) is 14.0. The quantitative estimate of drug-likeness (QED) is 0.887. The maximum Gasteiger partial charge on any atom is 0.0543 e. The Hall–Kier alpha value is -0.510. The number of benzene rings is 1. The number of nitrogens with one attached hydrogen (secondary N) is 1. The minimum atomic E-state index is -0.0503. The van der Waals surface area contributed by atoms with Crippen molar-refractivity contribution in [3.05, 3.63) is 29.8 Å². The first-order valence-corrected chi connectivity index (χ1v) is 8.32. The summed E-state index contributed by atoms with van der Waals surface area (Å²) in [7, 11) is 0. The van der Waals surface area contributed by atoms with Crippen LogP contribution in [-0.4, -0.2) is 29.5 Å². The minimum absolute atomic E-state index is 0.0503. The Morgan fingerprint density at radius 3 is 2.95 bits per heavy atom. The van der Waals surface area contributed by atoms with E-state index in [0.717, 1.165) is 25.9 Å². The molecule has 3 rings (SSSR count). The zero-order valence-corrected chi connectivity index (χ0v) is 12.2. The minimum Gasteiger partial charge on any atom is -0.393 e. The van der Waals surface area contributed by atoms with Gasteiger partial charge in [-0.3, -0.25) is 0 Å². The molecule has 2 aliphatic rings. The molecule has 0 amide bonds. The SMILES string of the molecule is OC1CCCC(CNCC2Cc3ccccc3S2)C1. The predicted molar refractivity (Wildman–Crippen MR) is 80.6 cm³/mol. The highest BCUT2D eigenvalue weighted by Crippen LogP contribution is 2.36. The van der Waals surface area contributed by atoms with Crippen molar-refractivity contribution in [1.82, 2.24) is 5.32 Å². The second-order valence-corrected chi connectivity index (χ2v) is 7.24. The molecule has 3 heteroatoms. The van der Waals surface area contributed by atoms with E-state index in [2.05, 4.69) is 29.6 Å². The molecule has 1 fully saturated rings. The lowest BCUT2D eigenvalue weighted by atomic mass is 9.87. The van der Waals surface area contributed by atoms with Crippen LogP contribution >= 0.6 is 11.8 Å². The van der Waals surface area contributed by atoms with Crippen LogP contribution in [0.4, 0.5) is 0 Å². The maximum atomic E-state index is 9.68. The summed E-state index contributed by atoms with van der Waals surface area (Å²) in [4.78, 5) is 1.46. The smallest absolute Gasteiger partial charge is 0.0543 e. The van der Waals surface area contributed by atoms with Crippen molar-refractivity contribution in [3.8, 4) is 0 Å². The molecule has 0 radical (unpaired) electrons. The molecule has 19 heavy (non-hydrogen) atoms. The summed E-state index contributed by atoms with van der Waals surface area (Å²) in [6.07, 6.45) is 5.61. The number of hydrogen-bond donors (Lipinski definition) is 2. The summed E-state index contributed by atoms with van der Waals surface area (Å²) in [6, 6.07) is 8.75. The molecule has 1 saturated carbocycles. The zero-order chi connectivity index (χ0) is 13.1. The Bertz CT molecular complexity index is 398. The van der Waals surface area contributed by atoms with Crippen LogP contribution in [-0.2, 0) is 6.42 Å². The van der Waals surface area contributed by atoms with Crippen molar-refractivity contribution in [3.63, 3.8) is 0 Å². The maximum absolute atomic E-state index is 9.68. The number of aliphatic hydroxyl groups excluding tert-OH is 1. The van der Waals surface area contributed by atoms with Crippen LogP contribution in [0.3, 0.4) is 0 Å². The van der Waals surface area contributed by atoms with Crippen LogP contribution in [0.1, 0.15) is 31.2 Å². The number of aliphatic hydroxyl groups is 1. The molecule has 3 atom stereocenters. The molecule has 1 aromatic carbocycles. The number of fused-ring (bicyclic) bond motifs is 1. The molecule has 0 aromatic heterocycles. The molecule has 1 aliphatic carbocycles. The van der Waals surface area contributed by atoms with Crippen molar-refractivity contribution in [2.24, 2.45) is 5.92 Å². The van der Waals surface area contributed by atoms with Crippen molar-refractivity contribution in [1.29, 1.82) is 0 Å². The molecular formula is C16H23NOS. The predicted octanol–water partition coefficient (Wildman–Crippen LogP) is 2.84. The topological polar surface area (TPSA) is 32.3 Å². The second-order valence-electron chi connectivity index (χ2n) is 5.90. The van der Waals surface area contributed by atoms with E-state index in [4.69, 9.17) is 0 Å². The number of thioether (sulfide) groups is 1. The van der Waals surface area contributed by atoms with Gasteiger partial charge >= 0.3 is 0 Å². The van der Waals surface area contributed by atoms with Crippen LogP contribution in [0.5, 0.6) is 0 Å². The third kappa shape index (κ3) is 3.53. The van der Waals surface area contributed by atoms with Gasteiger partial charge in [-0.25, -0.2) is 0 Å². The Morgan fingerprint density at radius 1 is 1.21 bits per heavy atom. The van der Waals surface area contributed by atoms with Gasteiger partial charge in [0.05, 0.1) is 6.10 Å². The van der Waals surface area contributed by atoms with E-state index >= 15 is 0 Å². The zero-order valence-electron chi connectivity index (χ0n) is 11.3. The molecule has 1 aromatic rings. The third-order valence-electron chi connectivity index (χ3n) is 4.27. The van der Waals surface area contributed by atoms with Gasteiger partial charge in [0.2, 0.25) is 0 Å². The van der Waals surface area contributed by atoms with Gasteiger partial charge in [-0.1, -0.05) is 24.6 Å². The van der Waals surface area contributed by atoms with E-state index < -0.39 is 0 Å². The third-order valence-corrected chi connectivity index (χ3v) is 5.59. The largest absolute Gasteiger partial charge is 0.393 e. The summed E-state index contributed by atoms with van der Waals surface area (Å²) in [5.41, 5.74) is 1.51. The van der Waals surface area contributed by atoms with Gasteiger partial charge in [-0.05, 0) is 49.8 Å². The Kier molecular flexibility index (Phi) is 4.46. The molecule has 2 N–H and O–H groups in total. The van der Waals surface area contributed by atoms with Gasteiger partial charge in [0.15, 0.2) is 0 Å². The van der Waals surface area contributed by atoms with Crippen molar-refractivity contribution < 1.29 is 5.11 Å². The normalized spacial score (nSPS) is 30.3. The van der Waals surface area contributed by atoms with Gasteiger partial charge in [0, 0.05) is 16.7 Å². The molecule has 3 unspecified atom stereocenters. The van der Waals surface area contributed by atoms with Crippen LogP contribution in [0.2, 0.25) is 0 Å². The lowest BCUT2D eigenvalue weighted by Gasteiger charge is -2.26. The van der Waals surface area contributed by atoms with Crippen molar-refractivity contribution in [2.75, 3.05) is 13.1 Å². The van der Waals surface area contributed by atoms with E-state index in [-0.39, 0.29) is 6.10 Å². The van der Waals surface area contributed by atoms with E-state index in [0.29, 0.717) is 11.2 Å². The molecule has 0 spiro atoms. The van der Waals surface area contributed by atoms with Crippen molar-refractivity contribution in [2.45, 2.75) is 48.4 Å². The highest BCUT2D eigenvalue weighted by atomic mass is 32.2. The molecule has 0 bridgehead atoms. The van der Waals surface area contributed by atoms with Crippen LogP contribution in [0.15, 0.2) is 29.2 Å².